The van der Waals surface area contributed by atoms with Crippen molar-refractivity contribution < 1.29 is 0 Å². The molecule has 0 radical (unpaired) electrons. The summed E-state index contributed by atoms with van der Waals surface area (Å²) in [7, 11) is 0. The topological polar surface area (TPSA) is 27.0 Å². The Morgan fingerprint density at radius 3 is 2.33 bits per heavy atom. The van der Waals surface area contributed by atoms with Gasteiger partial charge in [-0.3, -0.25) is 4.90 Å². The quantitative estimate of drug-likeness (QED) is 0.733. The van der Waals surface area contributed by atoms with Crippen LogP contribution in [0.25, 0.3) is 0 Å². The molecule has 0 aromatic heterocycles. The van der Waals surface area contributed by atoms with Crippen molar-refractivity contribution in [3.05, 3.63) is 35.4 Å². The Hall–Kier alpha value is -1.33. The van der Waals surface area contributed by atoms with Gasteiger partial charge < -0.3 is 0 Å². The predicted molar refractivity (Wildman–Crippen MR) is 60.3 cm³/mol. The highest BCUT2D eigenvalue weighted by Gasteiger charge is 2.22. The van der Waals surface area contributed by atoms with E-state index in [1.807, 2.05) is 0 Å². The highest BCUT2D eigenvalue weighted by Crippen LogP contribution is 2.24. The first-order valence-corrected chi connectivity index (χ1v) is 5.51. The van der Waals surface area contributed by atoms with Crippen LogP contribution in [-0.2, 0) is 0 Å². The van der Waals surface area contributed by atoms with Crippen molar-refractivity contribution >= 4 is 0 Å². The van der Waals surface area contributed by atoms with Gasteiger partial charge in [-0.05, 0) is 38.4 Å². The fourth-order valence-electron chi connectivity index (χ4n) is 2.12. The van der Waals surface area contributed by atoms with Crippen LogP contribution in [0.3, 0.4) is 0 Å². The molecular formula is C13H16N2. The van der Waals surface area contributed by atoms with Crippen molar-refractivity contribution in [3.63, 3.8) is 0 Å². The molecule has 1 aromatic rings. The van der Waals surface area contributed by atoms with E-state index in [2.05, 4.69) is 42.2 Å². The van der Waals surface area contributed by atoms with E-state index in [1.54, 1.807) is 0 Å². The Morgan fingerprint density at radius 2 is 1.80 bits per heavy atom. The molecule has 0 bridgehead atoms. The van der Waals surface area contributed by atoms with Crippen LogP contribution in [0.5, 0.6) is 0 Å². The molecule has 15 heavy (non-hydrogen) atoms. The summed E-state index contributed by atoms with van der Waals surface area (Å²) in [6.45, 7) is 4.19. The van der Waals surface area contributed by atoms with E-state index in [0.29, 0.717) is 0 Å². The van der Waals surface area contributed by atoms with Gasteiger partial charge in [0.25, 0.3) is 0 Å². The van der Waals surface area contributed by atoms with E-state index in [1.165, 1.54) is 18.4 Å². The molecule has 1 saturated heterocycles. The third kappa shape index (κ3) is 2.19. The van der Waals surface area contributed by atoms with Crippen molar-refractivity contribution in [1.82, 2.24) is 4.90 Å². The highest BCUT2D eigenvalue weighted by molar-refractivity contribution is 5.27. The number of rotatable bonds is 2. The van der Waals surface area contributed by atoms with Gasteiger partial charge in [0, 0.05) is 0 Å². The molecule has 2 rings (SSSR count). The third-order valence-electron chi connectivity index (χ3n) is 3.02. The highest BCUT2D eigenvalue weighted by atomic mass is 15.2. The largest absolute Gasteiger partial charge is 0.284 e. The SMILES string of the molecule is Cc1ccc([C@@H](C#N)N2CCCC2)cc1. The van der Waals surface area contributed by atoms with E-state index in [0.717, 1.165) is 18.7 Å². The fraction of sp³-hybridized carbons (Fsp3) is 0.462. The predicted octanol–water partition coefficient (Wildman–Crippen LogP) is 2.66. The van der Waals surface area contributed by atoms with Crippen LogP contribution in [-0.4, -0.2) is 18.0 Å². The Morgan fingerprint density at radius 1 is 1.20 bits per heavy atom. The minimum Gasteiger partial charge on any atom is -0.284 e. The van der Waals surface area contributed by atoms with Gasteiger partial charge in [0.1, 0.15) is 6.04 Å². The van der Waals surface area contributed by atoms with Crippen LogP contribution in [0.15, 0.2) is 24.3 Å². The Bertz CT molecular complexity index is 355. The monoisotopic (exact) mass is 200 g/mol. The van der Waals surface area contributed by atoms with Crippen LogP contribution in [0.1, 0.15) is 30.0 Å². The molecule has 1 heterocycles. The molecule has 78 valence electrons. The summed E-state index contributed by atoms with van der Waals surface area (Å²) in [6.07, 6.45) is 2.45. The van der Waals surface area contributed by atoms with E-state index in [4.69, 9.17) is 0 Å². The molecular weight excluding hydrogens is 184 g/mol. The first-order valence-electron chi connectivity index (χ1n) is 5.51. The first-order chi connectivity index (χ1) is 7.31. The lowest BCUT2D eigenvalue weighted by Crippen LogP contribution is -2.24. The molecule has 0 aliphatic carbocycles. The summed E-state index contributed by atoms with van der Waals surface area (Å²) < 4.78 is 0. The molecule has 1 aliphatic rings. The summed E-state index contributed by atoms with van der Waals surface area (Å²) in [5.74, 6) is 0. The lowest BCUT2D eigenvalue weighted by molar-refractivity contribution is 0.294. The summed E-state index contributed by atoms with van der Waals surface area (Å²) >= 11 is 0. The van der Waals surface area contributed by atoms with Crippen molar-refractivity contribution in [3.8, 4) is 6.07 Å². The second-order valence-electron chi connectivity index (χ2n) is 4.19. The molecule has 0 unspecified atom stereocenters. The Kier molecular flexibility index (Phi) is 3.03. The zero-order valence-electron chi connectivity index (χ0n) is 9.11. The van der Waals surface area contributed by atoms with Gasteiger partial charge in [-0.2, -0.15) is 5.26 Å². The summed E-state index contributed by atoms with van der Waals surface area (Å²) in [5.41, 5.74) is 2.38. The van der Waals surface area contributed by atoms with E-state index >= 15 is 0 Å². The number of nitrogens with zero attached hydrogens (tertiary/aromatic N) is 2. The second kappa shape index (κ2) is 4.46. The third-order valence-corrected chi connectivity index (χ3v) is 3.02. The molecule has 1 atom stereocenters. The lowest BCUT2D eigenvalue weighted by Gasteiger charge is -2.21. The maximum absolute atomic E-state index is 9.22. The number of aryl methyl sites for hydroxylation is 1. The van der Waals surface area contributed by atoms with Crippen LogP contribution in [0.2, 0.25) is 0 Å². The Labute approximate surface area is 91.1 Å². The maximum atomic E-state index is 9.22. The molecule has 1 aliphatic heterocycles. The lowest BCUT2D eigenvalue weighted by atomic mass is 10.1. The molecule has 0 saturated carbocycles. The van der Waals surface area contributed by atoms with Gasteiger partial charge in [-0.1, -0.05) is 29.8 Å². The zero-order chi connectivity index (χ0) is 10.7. The maximum Gasteiger partial charge on any atom is 0.123 e. The number of likely N-dealkylation sites (tertiary alicyclic amines) is 1. The molecule has 1 fully saturated rings. The summed E-state index contributed by atoms with van der Waals surface area (Å²) in [6, 6.07) is 10.7. The molecule has 2 heteroatoms. The average molecular weight is 200 g/mol. The van der Waals surface area contributed by atoms with Crippen LogP contribution in [0, 0.1) is 18.3 Å². The van der Waals surface area contributed by atoms with Crippen molar-refractivity contribution in [2.45, 2.75) is 25.8 Å². The fourth-order valence-corrected chi connectivity index (χ4v) is 2.12. The van der Waals surface area contributed by atoms with Gasteiger partial charge in [-0.15, -0.1) is 0 Å². The standard InChI is InChI=1S/C13H16N2/c1-11-4-6-12(7-5-11)13(10-14)15-8-2-3-9-15/h4-7,13H,2-3,8-9H2,1H3/t13-/m1/s1. The van der Waals surface area contributed by atoms with Crippen LogP contribution < -0.4 is 0 Å². The smallest absolute Gasteiger partial charge is 0.123 e. The van der Waals surface area contributed by atoms with Crippen LogP contribution in [0.4, 0.5) is 0 Å². The molecule has 1 aromatic carbocycles. The number of benzene rings is 1. The number of nitriles is 1. The van der Waals surface area contributed by atoms with Crippen molar-refractivity contribution in [2.24, 2.45) is 0 Å². The van der Waals surface area contributed by atoms with E-state index < -0.39 is 0 Å². The molecule has 2 nitrogen and oxygen atoms in total. The van der Waals surface area contributed by atoms with E-state index in [-0.39, 0.29) is 6.04 Å². The first kappa shape index (κ1) is 10.2. The summed E-state index contributed by atoms with van der Waals surface area (Å²) in [4.78, 5) is 2.27. The van der Waals surface area contributed by atoms with Gasteiger partial charge in [0.2, 0.25) is 0 Å². The molecule has 0 spiro atoms. The number of hydrogen-bond donors (Lipinski definition) is 0. The normalized spacial score (nSPS) is 18.7. The van der Waals surface area contributed by atoms with Crippen LogP contribution >= 0.6 is 0 Å². The molecule has 0 amide bonds. The van der Waals surface area contributed by atoms with Gasteiger partial charge >= 0.3 is 0 Å². The number of hydrogen-bond acceptors (Lipinski definition) is 2. The van der Waals surface area contributed by atoms with Crippen molar-refractivity contribution in [1.29, 1.82) is 5.26 Å². The minimum atomic E-state index is -0.0481. The van der Waals surface area contributed by atoms with E-state index in [9.17, 15) is 5.26 Å². The Balaban J connectivity index is 2.19. The van der Waals surface area contributed by atoms with Crippen molar-refractivity contribution in [2.75, 3.05) is 13.1 Å². The van der Waals surface area contributed by atoms with Gasteiger partial charge in [-0.25, -0.2) is 0 Å². The van der Waals surface area contributed by atoms with Gasteiger partial charge in [0.05, 0.1) is 6.07 Å². The molecule has 0 N–H and O–H groups in total. The second-order valence-corrected chi connectivity index (χ2v) is 4.19. The summed E-state index contributed by atoms with van der Waals surface area (Å²) in [5, 5.41) is 9.22. The minimum absolute atomic E-state index is 0.0481. The van der Waals surface area contributed by atoms with Gasteiger partial charge in [0.15, 0.2) is 0 Å². The zero-order valence-corrected chi connectivity index (χ0v) is 9.11. The average Bonchev–Trinajstić information content (AvgIpc) is 2.75.